The molecule has 5 nitrogen and oxygen atoms in total. The van der Waals surface area contributed by atoms with E-state index in [-0.39, 0.29) is 4.90 Å². The smallest absolute Gasteiger partial charge is 0.240 e. The molecule has 6 heteroatoms. The lowest BCUT2D eigenvalue weighted by molar-refractivity contribution is 0.598. The molecule has 0 atom stereocenters. The molecule has 1 fully saturated rings. The SMILES string of the molecule is NS(=O)(=O)c1ccccc1NCCCNC1CC1. The van der Waals surface area contributed by atoms with Crippen LogP contribution in [0.4, 0.5) is 5.69 Å². The maximum atomic E-state index is 11.4. The van der Waals surface area contributed by atoms with Gasteiger partial charge in [-0.3, -0.25) is 0 Å². The average Bonchev–Trinajstić information content (AvgIpc) is 3.12. The van der Waals surface area contributed by atoms with Gasteiger partial charge < -0.3 is 10.6 Å². The Balaban J connectivity index is 1.84. The van der Waals surface area contributed by atoms with Gasteiger partial charge in [-0.25, -0.2) is 13.6 Å². The zero-order chi connectivity index (χ0) is 13.0. The Morgan fingerprint density at radius 2 is 1.94 bits per heavy atom. The number of primary sulfonamides is 1. The Labute approximate surface area is 108 Å². The first kappa shape index (κ1) is 13.3. The molecule has 0 heterocycles. The van der Waals surface area contributed by atoms with Crippen molar-refractivity contribution in [1.82, 2.24) is 5.32 Å². The highest BCUT2D eigenvalue weighted by atomic mass is 32.2. The number of hydrogen-bond donors (Lipinski definition) is 3. The number of sulfonamides is 1. The Bertz CT molecular complexity index is 498. The van der Waals surface area contributed by atoms with Crippen LogP contribution >= 0.6 is 0 Å². The maximum Gasteiger partial charge on any atom is 0.240 e. The van der Waals surface area contributed by atoms with Crippen molar-refractivity contribution in [2.24, 2.45) is 5.14 Å². The normalized spacial score (nSPS) is 15.6. The number of benzene rings is 1. The number of rotatable bonds is 7. The molecule has 1 aromatic rings. The minimum Gasteiger partial charge on any atom is -0.384 e. The summed E-state index contributed by atoms with van der Waals surface area (Å²) in [5.74, 6) is 0. The summed E-state index contributed by atoms with van der Waals surface area (Å²) < 4.78 is 22.7. The van der Waals surface area contributed by atoms with E-state index in [0.29, 0.717) is 11.7 Å². The van der Waals surface area contributed by atoms with Crippen LogP contribution in [-0.4, -0.2) is 27.5 Å². The van der Waals surface area contributed by atoms with E-state index in [1.54, 1.807) is 18.2 Å². The first-order chi connectivity index (χ1) is 8.57. The number of nitrogens with two attached hydrogens (primary N) is 1. The summed E-state index contributed by atoms with van der Waals surface area (Å²) in [5.41, 5.74) is 0.575. The molecule has 0 amide bonds. The fourth-order valence-corrected chi connectivity index (χ4v) is 2.48. The third-order valence-electron chi connectivity index (χ3n) is 2.87. The van der Waals surface area contributed by atoms with Gasteiger partial charge in [-0.15, -0.1) is 0 Å². The predicted molar refractivity (Wildman–Crippen MR) is 71.9 cm³/mol. The lowest BCUT2D eigenvalue weighted by Gasteiger charge is -2.10. The number of anilines is 1. The molecule has 100 valence electrons. The van der Waals surface area contributed by atoms with Crippen LogP contribution in [0.5, 0.6) is 0 Å². The van der Waals surface area contributed by atoms with E-state index >= 15 is 0 Å². The minimum absolute atomic E-state index is 0.153. The van der Waals surface area contributed by atoms with E-state index in [1.165, 1.54) is 18.9 Å². The van der Waals surface area contributed by atoms with Crippen molar-refractivity contribution in [3.05, 3.63) is 24.3 Å². The van der Waals surface area contributed by atoms with E-state index < -0.39 is 10.0 Å². The largest absolute Gasteiger partial charge is 0.384 e. The highest BCUT2D eigenvalue weighted by Crippen LogP contribution is 2.19. The fourth-order valence-electron chi connectivity index (χ4n) is 1.77. The summed E-state index contributed by atoms with van der Waals surface area (Å²) in [6, 6.07) is 7.41. The molecule has 0 unspecified atom stereocenters. The van der Waals surface area contributed by atoms with Crippen molar-refractivity contribution in [2.45, 2.75) is 30.2 Å². The van der Waals surface area contributed by atoms with Crippen molar-refractivity contribution in [1.29, 1.82) is 0 Å². The highest BCUT2D eigenvalue weighted by Gasteiger charge is 2.19. The van der Waals surface area contributed by atoms with Crippen LogP contribution in [0.1, 0.15) is 19.3 Å². The van der Waals surface area contributed by atoms with Gasteiger partial charge in [-0.05, 0) is 37.9 Å². The van der Waals surface area contributed by atoms with Gasteiger partial charge in [-0.2, -0.15) is 0 Å². The van der Waals surface area contributed by atoms with Crippen LogP contribution < -0.4 is 15.8 Å². The minimum atomic E-state index is -3.66. The molecule has 0 aliphatic heterocycles. The first-order valence-corrected chi connectivity index (χ1v) is 7.71. The van der Waals surface area contributed by atoms with Crippen molar-refractivity contribution < 1.29 is 8.42 Å². The lowest BCUT2D eigenvalue weighted by atomic mass is 10.3. The predicted octanol–water partition coefficient (Wildman–Crippen LogP) is 0.888. The lowest BCUT2D eigenvalue weighted by Crippen LogP contribution is -2.20. The fraction of sp³-hybridized carbons (Fsp3) is 0.500. The molecule has 0 bridgehead atoms. The van der Waals surface area contributed by atoms with Gasteiger partial charge in [0, 0.05) is 12.6 Å². The third-order valence-corrected chi connectivity index (χ3v) is 3.84. The van der Waals surface area contributed by atoms with Gasteiger partial charge in [0.1, 0.15) is 4.90 Å². The van der Waals surface area contributed by atoms with Gasteiger partial charge >= 0.3 is 0 Å². The van der Waals surface area contributed by atoms with Crippen LogP contribution in [0.2, 0.25) is 0 Å². The second kappa shape index (κ2) is 5.69. The number of hydrogen-bond acceptors (Lipinski definition) is 4. The Morgan fingerprint density at radius 3 is 2.61 bits per heavy atom. The second-order valence-corrected chi connectivity index (χ2v) is 6.08. The van der Waals surface area contributed by atoms with Crippen molar-refractivity contribution in [3.8, 4) is 0 Å². The van der Waals surface area contributed by atoms with Crippen LogP contribution in [0.25, 0.3) is 0 Å². The van der Waals surface area contributed by atoms with Crippen molar-refractivity contribution in [3.63, 3.8) is 0 Å². The molecule has 1 aliphatic carbocycles. The van der Waals surface area contributed by atoms with Gasteiger partial charge in [-0.1, -0.05) is 12.1 Å². The van der Waals surface area contributed by atoms with E-state index in [1.807, 2.05) is 0 Å². The second-order valence-electron chi connectivity index (χ2n) is 4.55. The molecule has 2 rings (SSSR count). The molecule has 0 spiro atoms. The van der Waals surface area contributed by atoms with E-state index in [0.717, 1.165) is 19.5 Å². The summed E-state index contributed by atoms with van der Waals surface area (Å²) in [7, 11) is -3.66. The van der Waals surface area contributed by atoms with E-state index in [9.17, 15) is 8.42 Å². The molecule has 0 aromatic heterocycles. The van der Waals surface area contributed by atoms with Crippen LogP contribution in [0, 0.1) is 0 Å². The van der Waals surface area contributed by atoms with E-state index in [2.05, 4.69) is 10.6 Å². The zero-order valence-corrected chi connectivity index (χ0v) is 11.0. The van der Waals surface area contributed by atoms with Crippen molar-refractivity contribution >= 4 is 15.7 Å². The van der Waals surface area contributed by atoms with Crippen LogP contribution in [0.15, 0.2) is 29.2 Å². The molecule has 1 saturated carbocycles. The van der Waals surface area contributed by atoms with Gasteiger partial charge in [0.05, 0.1) is 5.69 Å². The molecular weight excluding hydrogens is 250 g/mol. The molecule has 18 heavy (non-hydrogen) atoms. The van der Waals surface area contributed by atoms with Gasteiger partial charge in [0.25, 0.3) is 0 Å². The Kier molecular flexibility index (Phi) is 4.21. The monoisotopic (exact) mass is 269 g/mol. The van der Waals surface area contributed by atoms with Crippen LogP contribution in [-0.2, 0) is 10.0 Å². The van der Waals surface area contributed by atoms with Crippen molar-refractivity contribution in [2.75, 3.05) is 18.4 Å². The summed E-state index contributed by atoms with van der Waals surface area (Å²) >= 11 is 0. The third kappa shape index (κ3) is 3.97. The quantitative estimate of drug-likeness (QED) is 0.642. The maximum absolute atomic E-state index is 11.4. The highest BCUT2D eigenvalue weighted by molar-refractivity contribution is 7.89. The zero-order valence-electron chi connectivity index (χ0n) is 10.2. The topological polar surface area (TPSA) is 84.2 Å². The van der Waals surface area contributed by atoms with E-state index in [4.69, 9.17) is 5.14 Å². The molecular formula is C12H19N3O2S. The van der Waals surface area contributed by atoms with Gasteiger partial charge in [0.2, 0.25) is 10.0 Å². The molecule has 1 aromatic carbocycles. The summed E-state index contributed by atoms with van der Waals surface area (Å²) in [4.78, 5) is 0.153. The number of para-hydroxylation sites is 1. The number of nitrogens with one attached hydrogen (secondary N) is 2. The molecule has 0 saturated heterocycles. The Morgan fingerprint density at radius 1 is 1.22 bits per heavy atom. The van der Waals surface area contributed by atoms with Crippen LogP contribution in [0.3, 0.4) is 0 Å². The molecule has 1 aliphatic rings. The summed E-state index contributed by atoms with van der Waals surface area (Å²) in [5, 5.41) is 11.7. The Hall–Kier alpha value is -1.11. The first-order valence-electron chi connectivity index (χ1n) is 6.16. The standard InChI is InChI=1S/C12H19N3O2S/c13-18(16,17)12-5-2-1-4-11(12)15-9-3-8-14-10-6-7-10/h1-2,4-5,10,14-15H,3,6-9H2,(H2,13,16,17). The molecule has 0 radical (unpaired) electrons. The summed E-state index contributed by atoms with van der Waals surface area (Å²) in [6.07, 6.45) is 3.51. The van der Waals surface area contributed by atoms with Gasteiger partial charge in [0.15, 0.2) is 0 Å². The molecule has 4 N–H and O–H groups in total. The summed E-state index contributed by atoms with van der Waals surface area (Å²) in [6.45, 7) is 1.68. The average molecular weight is 269 g/mol.